The van der Waals surface area contributed by atoms with Gasteiger partial charge in [0.2, 0.25) is 5.91 Å². The minimum absolute atomic E-state index is 0.0944. The molecule has 1 amide bonds. The molecule has 0 spiro atoms. The zero-order valence-electron chi connectivity index (χ0n) is 12.9. The van der Waals surface area contributed by atoms with Crippen molar-refractivity contribution >= 4 is 5.91 Å². The van der Waals surface area contributed by atoms with Crippen LogP contribution in [0.15, 0.2) is 0 Å². The van der Waals surface area contributed by atoms with Crippen molar-refractivity contribution < 1.29 is 9.53 Å². The van der Waals surface area contributed by atoms with Gasteiger partial charge < -0.3 is 15.4 Å². The summed E-state index contributed by atoms with van der Waals surface area (Å²) in [5, 5.41) is 6.26. The minimum Gasteiger partial charge on any atom is -0.380 e. The maximum atomic E-state index is 11.5. The highest BCUT2D eigenvalue weighted by molar-refractivity contribution is 5.81. The number of ether oxygens (including phenoxy) is 1. The van der Waals surface area contributed by atoms with Crippen LogP contribution < -0.4 is 10.6 Å². The van der Waals surface area contributed by atoms with Crippen LogP contribution in [0.2, 0.25) is 0 Å². The Morgan fingerprint density at radius 3 is 2.11 bits per heavy atom. The first kappa shape index (κ1) is 17.4. The zero-order valence-corrected chi connectivity index (χ0v) is 12.9. The summed E-state index contributed by atoms with van der Waals surface area (Å²) in [6, 6.07) is 0. The predicted molar refractivity (Wildman–Crippen MR) is 75.7 cm³/mol. The first-order chi connectivity index (χ1) is 8.13. The van der Waals surface area contributed by atoms with Crippen LogP contribution >= 0.6 is 0 Å². The maximum Gasteiger partial charge on any atom is 0.225 e. The van der Waals surface area contributed by atoms with Crippen molar-refractivity contribution in [2.75, 3.05) is 26.3 Å². The fourth-order valence-corrected chi connectivity index (χ4v) is 1.24. The smallest absolute Gasteiger partial charge is 0.225 e. The highest BCUT2D eigenvalue weighted by Crippen LogP contribution is 2.11. The van der Waals surface area contributed by atoms with Crippen molar-refractivity contribution in [3.8, 4) is 0 Å². The van der Waals surface area contributed by atoms with E-state index in [0.717, 1.165) is 13.0 Å². The fourth-order valence-electron chi connectivity index (χ4n) is 1.24. The molecule has 0 bridgehead atoms. The van der Waals surface area contributed by atoms with Crippen LogP contribution in [0.5, 0.6) is 0 Å². The number of hydrogen-bond acceptors (Lipinski definition) is 3. The van der Waals surface area contributed by atoms with E-state index in [4.69, 9.17) is 4.74 Å². The molecule has 0 aliphatic rings. The summed E-state index contributed by atoms with van der Waals surface area (Å²) in [4.78, 5) is 11.5. The van der Waals surface area contributed by atoms with E-state index in [1.807, 2.05) is 20.8 Å². The van der Waals surface area contributed by atoms with Crippen molar-refractivity contribution in [3.05, 3.63) is 0 Å². The van der Waals surface area contributed by atoms with E-state index in [-0.39, 0.29) is 16.9 Å². The molecule has 4 heteroatoms. The first-order valence-corrected chi connectivity index (χ1v) is 6.74. The molecule has 0 fully saturated rings. The van der Waals surface area contributed by atoms with Gasteiger partial charge in [-0.15, -0.1) is 0 Å². The van der Waals surface area contributed by atoms with Gasteiger partial charge in [-0.05, 0) is 27.2 Å². The normalized spacial score (nSPS) is 12.6. The number of hydrogen-bond donors (Lipinski definition) is 2. The van der Waals surface area contributed by atoms with E-state index < -0.39 is 0 Å². The van der Waals surface area contributed by atoms with E-state index in [1.54, 1.807) is 0 Å². The first-order valence-electron chi connectivity index (χ1n) is 6.74. The minimum atomic E-state index is -0.308. The maximum absolute atomic E-state index is 11.5. The highest BCUT2D eigenvalue weighted by Gasteiger charge is 2.19. The third-order valence-corrected chi connectivity index (χ3v) is 2.33. The number of amides is 1. The Hall–Kier alpha value is -0.610. The lowest BCUT2D eigenvalue weighted by Crippen LogP contribution is -2.38. The van der Waals surface area contributed by atoms with E-state index in [9.17, 15) is 4.79 Å². The molecule has 0 saturated heterocycles. The predicted octanol–water partition coefficient (Wildman–Crippen LogP) is 1.94. The molecule has 0 aliphatic carbocycles. The number of rotatable bonds is 7. The molecule has 0 rings (SSSR count). The van der Waals surface area contributed by atoms with Gasteiger partial charge >= 0.3 is 0 Å². The molecule has 0 unspecified atom stereocenters. The average Bonchev–Trinajstić information content (AvgIpc) is 2.18. The third-order valence-electron chi connectivity index (χ3n) is 2.33. The van der Waals surface area contributed by atoms with Crippen LogP contribution in [0, 0.1) is 5.41 Å². The van der Waals surface area contributed by atoms with E-state index in [0.29, 0.717) is 19.8 Å². The lowest BCUT2D eigenvalue weighted by atomic mass is 9.96. The van der Waals surface area contributed by atoms with Crippen molar-refractivity contribution in [1.82, 2.24) is 10.6 Å². The standard InChI is InChI=1S/C14H30N2O2/c1-13(2,3)12(17)15-8-7-10-18-11-9-16-14(4,5)6/h16H,7-11H2,1-6H3,(H,15,17). The number of carbonyl (C=O) groups excluding carboxylic acids is 1. The molecule has 108 valence electrons. The molecular weight excluding hydrogens is 228 g/mol. The zero-order chi connectivity index (χ0) is 14.2. The molecule has 2 N–H and O–H groups in total. The van der Waals surface area contributed by atoms with Crippen molar-refractivity contribution in [1.29, 1.82) is 0 Å². The monoisotopic (exact) mass is 258 g/mol. The number of nitrogens with one attached hydrogen (secondary N) is 2. The Labute approximate surface area is 112 Å². The van der Waals surface area contributed by atoms with E-state index in [2.05, 4.69) is 31.4 Å². The summed E-state index contributed by atoms with van der Waals surface area (Å²) in [7, 11) is 0. The summed E-state index contributed by atoms with van der Waals surface area (Å²) in [6.45, 7) is 15.1. The van der Waals surface area contributed by atoms with Gasteiger partial charge in [0.1, 0.15) is 0 Å². The molecular formula is C14H30N2O2. The van der Waals surface area contributed by atoms with Crippen molar-refractivity contribution in [2.45, 2.75) is 53.5 Å². The fraction of sp³-hybridized carbons (Fsp3) is 0.929. The van der Waals surface area contributed by atoms with Gasteiger partial charge in [-0.1, -0.05) is 20.8 Å². The van der Waals surface area contributed by atoms with E-state index >= 15 is 0 Å². The molecule has 0 heterocycles. The van der Waals surface area contributed by atoms with Crippen LogP contribution in [0.3, 0.4) is 0 Å². The van der Waals surface area contributed by atoms with Gasteiger partial charge in [-0.2, -0.15) is 0 Å². The second-order valence-corrected chi connectivity index (χ2v) is 6.65. The molecule has 0 aromatic carbocycles. The lowest BCUT2D eigenvalue weighted by Gasteiger charge is -2.20. The second kappa shape index (κ2) is 7.74. The molecule has 18 heavy (non-hydrogen) atoms. The van der Waals surface area contributed by atoms with Crippen LogP contribution in [0.25, 0.3) is 0 Å². The Balaban J connectivity index is 3.35. The summed E-state index contributed by atoms with van der Waals surface area (Å²) in [6.07, 6.45) is 0.858. The van der Waals surface area contributed by atoms with Gasteiger partial charge in [-0.3, -0.25) is 4.79 Å². The Morgan fingerprint density at radius 2 is 1.61 bits per heavy atom. The molecule has 0 saturated carbocycles. The van der Waals surface area contributed by atoms with Crippen LogP contribution in [0.1, 0.15) is 48.0 Å². The quantitative estimate of drug-likeness (QED) is 0.686. The molecule has 0 aliphatic heterocycles. The van der Waals surface area contributed by atoms with Gasteiger partial charge in [0.15, 0.2) is 0 Å². The molecule has 0 radical (unpaired) electrons. The second-order valence-electron chi connectivity index (χ2n) is 6.65. The Kier molecular flexibility index (Phi) is 7.48. The summed E-state index contributed by atoms with van der Waals surface area (Å²) < 4.78 is 5.48. The lowest BCUT2D eigenvalue weighted by molar-refractivity contribution is -0.128. The van der Waals surface area contributed by atoms with Gasteiger partial charge in [-0.25, -0.2) is 0 Å². The van der Waals surface area contributed by atoms with Gasteiger partial charge in [0, 0.05) is 30.7 Å². The molecule has 0 aromatic heterocycles. The summed E-state index contributed by atoms with van der Waals surface area (Å²) in [5.41, 5.74) is -0.165. The van der Waals surface area contributed by atoms with Crippen molar-refractivity contribution in [2.24, 2.45) is 5.41 Å². The molecule has 0 aromatic rings. The van der Waals surface area contributed by atoms with Crippen LogP contribution in [-0.2, 0) is 9.53 Å². The number of carbonyl (C=O) groups is 1. The van der Waals surface area contributed by atoms with E-state index in [1.165, 1.54) is 0 Å². The van der Waals surface area contributed by atoms with Crippen LogP contribution in [-0.4, -0.2) is 37.7 Å². The van der Waals surface area contributed by atoms with Gasteiger partial charge in [0.05, 0.1) is 6.61 Å². The summed E-state index contributed by atoms with van der Waals surface area (Å²) >= 11 is 0. The SMILES string of the molecule is CC(C)(C)NCCOCCCNC(=O)C(C)(C)C. The third kappa shape index (κ3) is 10.5. The highest BCUT2D eigenvalue weighted by atomic mass is 16.5. The summed E-state index contributed by atoms with van der Waals surface area (Å²) in [5.74, 6) is 0.0944. The largest absolute Gasteiger partial charge is 0.380 e. The Morgan fingerprint density at radius 1 is 1.00 bits per heavy atom. The molecule has 0 atom stereocenters. The van der Waals surface area contributed by atoms with Gasteiger partial charge in [0.25, 0.3) is 0 Å². The molecule has 4 nitrogen and oxygen atoms in total. The Bertz CT molecular complexity index is 239. The van der Waals surface area contributed by atoms with Crippen molar-refractivity contribution in [3.63, 3.8) is 0 Å². The average molecular weight is 258 g/mol. The topological polar surface area (TPSA) is 50.4 Å². The van der Waals surface area contributed by atoms with Crippen LogP contribution in [0.4, 0.5) is 0 Å².